The van der Waals surface area contributed by atoms with Gasteiger partial charge in [0.05, 0.1) is 30.3 Å². The van der Waals surface area contributed by atoms with Crippen molar-refractivity contribution < 1.29 is 23.9 Å². The minimum Gasteiger partial charge on any atom is -0.465 e. The minimum absolute atomic E-state index is 0.282. The van der Waals surface area contributed by atoms with Crippen LogP contribution in [0.2, 0.25) is 0 Å². The normalized spacial score (nSPS) is 10.3. The number of amides is 1. The van der Waals surface area contributed by atoms with Crippen LogP contribution < -0.4 is 5.32 Å². The number of carbonyl (C=O) groups excluding carboxylic acids is 3. The van der Waals surface area contributed by atoms with E-state index in [1.54, 1.807) is 23.7 Å². The number of methoxy groups -OCH3 is 1. The van der Waals surface area contributed by atoms with E-state index in [4.69, 9.17) is 4.74 Å². The smallest absolute Gasteiger partial charge is 0.342 e. The first-order valence-corrected chi connectivity index (χ1v) is 8.75. The van der Waals surface area contributed by atoms with Gasteiger partial charge in [0.2, 0.25) is 0 Å². The Kier molecular flexibility index (Phi) is 6.03. The van der Waals surface area contributed by atoms with E-state index in [1.807, 2.05) is 30.3 Å². The topological polar surface area (TPSA) is 99.5 Å². The van der Waals surface area contributed by atoms with Gasteiger partial charge < -0.3 is 14.8 Å². The van der Waals surface area contributed by atoms with Crippen molar-refractivity contribution in [3.8, 4) is 5.69 Å². The number of nitrogens with zero attached hydrogens (tertiary/aromatic N) is 2. The Bertz CT molecular complexity index is 1030. The van der Waals surface area contributed by atoms with Crippen LogP contribution in [0.3, 0.4) is 0 Å². The Morgan fingerprint density at radius 1 is 1.00 bits per heavy atom. The van der Waals surface area contributed by atoms with Crippen LogP contribution in [0, 0.1) is 6.92 Å². The predicted molar refractivity (Wildman–Crippen MR) is 105 cm³/mol. The maximum atomic E-state index is 12.3. The summed E-state index contributed by atoms with van der Waals surface area (Å²) >= 11 is 0. The number of carbonyl (C=O) groups is 3. The Morgan fingerprint density at radius 3 is 2.34 bits per heavy atom. The Balaban J connectivity index is 1.57. The van der Waals surface area contributed by atoms with Crippen LogP contribution in [-0.4, -0.2) is 41.3 Å². The van der Waals surface area contributed by atoms with E-state index in [-0.39, 0.29) is 5.56 Å². The maximum absolute atomic E-state index is 12.3. The largest absolute Gasteiger partial charge is 0.465 e. The minimum atomic E-state index is -0.638. The summed E-state index contributed by atoms with van der Waals surface area (Å²) in [5.74, 6) is -1.61. The summed E-state index contributed by atoms with van der Waals surface area (Å²) in [6.07, 6.45) is 1.41. The van der Waals surface area contributed by atoms with Gasteiger partial charge in [0.15, 0.2) is 6.61 Å². The van der Waals surface area contributed by atoms with Gasteiger partial charge in [-0.2, -0.15) is 5.10 Å². The molecule has 1 amide bonds. The third kappa shape index (κ3) is 4.67. The molecular weight excluding hydrogens is 374 g/mol. The molecule has 0 aliphatic carbocycles. The Labute approximate surface area is 167 Å². The van der Waals surface area contributed by atoms with Gasteiger partial charge in [0, 0.05) is 5.69 Å². The summed E-state index contributed by atoms with van der Waals surface area (Å²) in [7, 11) is 1.29. The van der Waals surface area contributed by atoms with E-state index in [0.717, 1.165) is 5.69 Å². The molecule has 0 saturated carbocycles. The fourth-order valence-corrected chi connectivity index (χ4v) is 2.65. The fraction of sp³-hybridized carbons (Fsp3) is 0.143. The third-order valence-electron chi connectivity index (χ3n) is 4.15. The Morgan fingerprint density at radius 2 is 1.69 bits per heavy atom. The molecule has 0 saturated heterocycles. The van der Waals surface area contributed by atoms with Gasteiger partial charge in [-0.3, -0.25) is 4.79 Å². The number of nitrogens with one attached hydrogen (secondary N) is 1. The molecule has 0 radical (unpaired) electrons. The highest BCUT2D eigenvalue weighted by Gasteiger charge is 2.17. The second-order valence-corrected chi connectivity index (χ2v) is 6.08. The lowest BCUT2D eigenvalue weighted by atomic mass is 10.2. The molecule has 0 spiro atoms. The van der Waals surface area contributed by atoms with Gasteiger partial charge >= 0.3 is 11.9 Å². The molecule has 1 heterocycles. The van der Waals surface area contributed by atoms with Crippen LogP contribution in [0.1, 0.15) is 26.4 Å². The number of ether oxygens (including phenoxy) is 2. The van der Waals surface area contributed by atoms with Crippen LogP contribution in [0.5, 0.6) is 0 Å². The number of benzene rings is 2. The second kappa shape index (κ2) is 8.83. The van der Waals surface area contributed by atoms with Gasteiger partial charge in [0.25, 0.3) is 5.91 Å². The van der Waals surface area contributed by atoms with Crippen LogP contribution in [0.15, 0.2) is 60.8 Å². The molecule has 3 rings (SSSR count). The highest BCUT2D eigenvalue weighted by molar-refractivity contribution is 5.96. The molecule has 8 heteroatoms. The van der Waals surface area contributed by atoms with Gasteiger partial charge in [-0.25, -0.2) is 14.3 Å². The van der Waals surface area contributed by atoms with Crippen LogP contribution in [0.25, 0.3) is 5.69 Å². The maximum Gasteiger partial charge on any atom is 0.342 e. The van der Waals surface area contributed by atoms with Gasteiger partial charge in [0.1, 0.15) is 5.56 Å². The summed E-state index contributed by atoms with van der Waals surface area (Å²) in [5, 5.41) is 6.80. The number of aromatic nitrogens is 2. The van der Waals surface area contributed by atoms with Gasteiger partial charge in [-0.15, -0.1) is 0 Å². The van der Waals surface area contributed by atoms with E-state index >= 15 is 0 Å². The van der Waals surface area contributed by atoms with Crippen molar-refractivity contribution in [2.45, 2.75) is 6.92 Å². The van der Waals surface area contributed by atoms with Crippen molar-refractivity contribution in [3.63, 3.8) is 0 Å². The number of esters is 2. The zero-order chi connectivity index (χ0) is 20.8. The lowest BCUT2D eigenvalue weighted by molar-refractivity contribution is -0.119. The first-order chi connectivity index (χ1) is 14.0. The first kappa shape index (κ1) is 19.8. The molecule has 0 atom stereocenters. The zero-order valence-corrected chi connectivity index (χ0v) is 15.9. The SMILES string of the molecule is COC(=O)c1ccc(NC(=O)COC(=O)c2cnn(-c3ccccc3)c2C)cc1. The number of hydrogen-bond donors (Lipinski definition) is 1. The summed E-state index contributed by atoms with van der Waals surface area (Å²) in [6, 6.07) is 15.5. The molecule has 1 N–H and O–H groups in total. The molecular formula is C21H19N3O5. The molecule has 0 aliphatic heterocycles. The van der Waals surface area contributed by atoms with Crippen LogP contribution in [-0.2, 0) is 14.3 Å². The molecule has 1 aromatic heterocycles. The number of para-hydroxylation sites is 1. The summed E-state index contributed by atoms with van der Waals surface area (Å²) in [6.45, 7) is 1.30. The van der Waals surface area contributed by atoms with Crippen molar-refractivity contribution in [1.29, 1.82) is 0 Å². The number of anilines is 1. The standard InChI is InChI=1S/C21H19N3O5/c1-14-18(12-22-24(14)17-6-4-3-5-7-17)21(27)29-13-19(25)23-16-10-8-15(9-11-16)20(26)28-2/h3-12H,13H2,1-2H3,(H,23,25). The van der Waals surface area contributed by atoms with Crippen molar-refractivity contribution in [3.05, 3.63) is 77.6 Å². The average molecular weight is 393 g/mol. The predicted octanol–water partition coefficient (Wildman–Crippen LogP) is 2.76. The van der Waals surface area contributed by atoms with Crippen LogP contribution in [0.4, 0.5) is 5.69 Å². The molecule has 29 heavy (non-hydrogen) atoms. The van der Waals surface area contributed by atoms with Gasteiger partial charge in [-0.05, 0) is 43.3 Å². The molecule has 0 unspecified atom stereocenters. The molecule has 8 nitrogen and oxygen atoms in total. The third-order valence-corrected chi connectivity index (χ3v) is 4.15. The van der Waals surface area contributed by atoms with E-state index in [9.17, 15) is 14.4 Å². The lowest BCUT2D eigenvalue weighted by Crippen LogP contribution is -2.21. The molecule has 0 bridgehead atoms. The fourth-order valence-electron chi connectivity index (χ4n) is 2.65. The average Bonchev–Trinajstić information content (AvgIpc) is 3.14. The Hall–Kier alpha value is -3.94. The zero-order valence-electron chi connectivity index (χ0n) is 15.9. The number of rotatable bonds is 6. The van der Waals surface area contributed by atoms with Crippen molar-refractivity contribution in [2.24, 2.45) is 0 Å². The molecule has 0 aliphatic rings. The van der Waals surface area contributed by atoms with E-state index < -0.39 is 24.5 Å². The van der Waals surface area contributed by atoms with E-state index in [1.165, 1.54) is 25.4 Å². The highest BCUT2D eigenvalue weighted by Crippen LogP contribution is 2.15. The lowest BCUT2D eigenvalue weighted by Gasteiger charge is -2.08. The van der Waals surface area contributed by atoms with Gasteiger partial charge in [-0.1, -0.05) is 18.2 Å². The summed E-state index contributed by atoms with van der Waals surface area (Å²) < 4.78 is 11.3. The number of hydrogen-bond acceptors (Lipinski definition) is 6. The van der Waals surface area contributed by atoms with E-state index in [2.05, 4.69) is 15.2 Å². The summed E-state index contributed by atoms with van der Waals surface area (Å²) in [4.78, 5) is 35.8. The molecule has 0 fully saturated rings. The monoisotopic (exact) mass is 393 g/mol. The van der Waals surface area contributed by atoms with Crippen molar-refractivity contribution in [2.75, 3.05) is 19.0 Å². The van der Waals surface area contributed by atoms with E-state index in [0.29, 0.717) is 16.9 Å². The van der Waals surface area contributed by atoms with Crippen LogP contribution >= 0.6 is 0 Å². The second-order valence-electron chi connectivity index (χ2n) is 6.08. The molecule has 148 valence electrons. The molecule has 3 aromatic rings. The quantitative estimate of drug-likeness (QED) is 0.647. The molecule has 2 aromatic carbocycles. The first-order valence-electron chi connectivity index (χ1n) is 8.75. The van der Waals surface area contributed by atoms with Crippen molar-refractivity contribution >= 4 is 23.5 Å². The summed E-state index contributed by atoms with van der Waals surface area (Å²) in [5.41, 5.74) is 2.54. The van der Waals surface area contributed by atoms with Crippen molar-refractivity contribution in [1.82, 2.24) is 9.78 Å². The highest BCUT2D eigenvalue weighted by atomic mass is 16.5.